The highest BCUT2D eigenvalue weighted by Gasteiger charge is 2.13. The molecule has 1 amide bonds. The van der Waals surface area contributed by atoms with Gasteiger partial charge in [-0.3, -0.25) is 4.79 Å². The number of aliphatic hydroxyl groups is 1. The van der Waals surface area contributed by atoms with E-state index in [1.54, 1.807) is 35.6 Å². The lowest BCUT2D eigenvalue weighted by atomic mass is 10.0. The minimum atomic E-state index is -0.770. The second-order valence-corrected chi connectivity index (χ2v) is 6.53. The maximum Gasteiger partial charge on any atom is 0.252 e. The van der Waals surface area contributed by atoms with Gasteiger partial charge in [0.25, 0.3) is 5.91 Å². The summed E-state index contributed by atoms with van der Waals surface area (Å²) in [6, 6.07) is 16.6. The van der Waals surface area contributed by atoms with Crippen LogP contribution in [0.5, 0.6) is 0 Å². The predicted molar refractivity (Wildman–Crippen MR) is 98.5 cm³/mol. The van der Waals surface area contributed by atoms with E-state index in [4.69, 9.17) is 11.6 Å². The molecule has 1 atom stereocenters. The summed E-state index contributed by atoms with van der Waals surface area (Å²) in [5, 5.41) is 17.5. The number of carbonyl (C=O) groups is 1. The Balaban J connectivity index is 1.62. The summed E-state index contributed by atoms with van der Waals surface area (Å²) in [6.07, 6.45) is -0.770. The topological polar surface area (TPSA) is 49.3 Å². The van der Waals surface area contributed by atoms with Crippen LogP contribution in [0, 0.1) is 0 Å². The predicted octanol–water partition coefficient (Wildman–Crippen LogP) is 4.53. The Morgan fingerprint density at radius 3 is 2.50 bits per heavy atom. The number of benzene rings is 2. The minimum absolute atomic E-state index is 0.127. The third kappa shape index (κ3) is 3.85. The Morgan fingerprint density at radius 1 is 1.08 bits per heavy atom. The fourth-order valence-corrected chi connectivity index (χ4v) is 3.26. The third-order valence-corrected chi connectivity index (χ3v) is 4.74. The van der Waals surface area contributed by atoms with E-state index in [1.165, 1.54) is 0 Å². The van der Waals surface area contributed by atoms with Crippen molar-refractivity contribution in [1.82, 2.24) is 5.32 Å². The molecule has 0 saturated heterocycles. The van der Waals surface area contributed by atoms with Crippen LogP contribution in [0.1, 0.15) is 22.0 Å². The Bertz CT molecular complexity index is 816. The minimum Gasteiger partial charge on any atom is -0.387 e. The average Bonchev–Trinajstić information content (AvgIpc) is 3.14. The highest BCUT2D eigenvalue weighted by atomic mass is 35.5. The molecule has 2 N–H and O–H groups in total. The van der Waals surface area contributed by atoms with Crippen LogP contribution < -0.4 is 5.32 Å². The van der Waals surface area contributed by atoms with Gasteiger partial charge < -0.3 is 10.4 Å². The van der Waals surface area contributed by atoms with Gasteiger partial charge in [-0.05, 0) is 45.6 Å². The van der Waals surface area contributed by atoms with Gasteiger partial charge in [-0.2, -0.15) is 11.3 Å². The van der Waals surface area contributed by atoms with Gasteiger partial charge in [0.15, 0.2) is 0 Å². The summed E-state index contributed by atoms with van der Waals surface area (Å²) in [7, 11) is 0. The smallest absolute Gasteiger partial charge is 0.252 e. The molecule has 0 saturated carbocycles. The highest BCUT2D eigenvalue weighted by molar-refractivity contribution is 7.08. The summed E-state index contributed by atoms with van der Waals surface area (Å²) < 4.78 is 0. The summed E-state index contributed by atoms with van der Waals surface area (Å²) in [5.41, 5.74) is 3.42. The van der Waals surface area contributed by atoms with Gasteiger partial charge in [0.05, 0.1) is 16.7 Å². The van der Waals surface area contributed by atoms with Crippen molar-refractivity contribution in [3.8, 4) is 11.1 Å². The third-order valence-electron chi connectivity index (χ3n) is 3.72. The first-order valence-corrected chi connectivity index (χ1v) is 8.80. The molecular formula is C19H16ClNO2S. The van der Waals surface area contributed by atoms with Crippen molar-refractivity contribution in [2.24, 2.45) is 0 Å². The molecule has 0 aliphatic carbocycles. The molecule has 2 aromatic carbocycles. The van der Waals surface area contributed by atoms with Crippen molar-refractivity contribution in [3.05, 3.63) is 81.5 Å². The highest BCUT2D eigenvalue weighted by Crippen LogP contribution is 2.24. The van der Waals surface area contributed by atoms with E-state index in [-0.39, 0.29) is 12.5 Å². The number of nitrogens with one attached hydrogen (secondary N) is 1. The summed E-state index contributed by atoms with van der Waals surface area (Å²) >= 11 is 7.64. The Kier molecular flexibility index (Phi) is 5.30. The van der Waals surface area contributed by atoms with Crippen molar-refractivity contribution in [2.45, 2.75) is 6.10 Å². The molecule has 0 spiro atoms. The second-order valence-electron chi connectivity index (χ2n) is 5.34. The number of carbonyl (C=O) groups excluding carboxylic acids is 1. The number of halogens is 1. The van der Waals surface area contributed by atoms with Crippen LogP contribution in [0.15, 0.2) is 65.4 Å². The van der Waals surface area contributed by atoms with Crippen molar-refractivity contribution in [1.29, 1.82) is 0 Å². The van der Waals surface area contributed by atoms with Gasteiger partial charge in [0.2, 0.25) is 0 Å². The van der Waals surface area contributed by atoms with E-state index >= 15 is 0 Å². The van der Waals surface area contributed by atoms with Crippen LogP contribution in [0.2, 0.25) is 5.02 Å². The van der Waals surface area contributed by atoms with Crippen LogP contribution in [0.4, 0.5) is 0 Å². The standard InChI is InChI=1S/C19H16ClNO2S/c20-17-4-2-1-3-16(17)19(23)21-11-18(22)14-7-5-13(6-8-14)15-9-10-24-12-15/h1-10,12,18,22H,11H2,(H,21,23)/t18-/m0/s1. The van der Waals surface area contributed by atoms with Crippen LogP contribution in [0.3, 0.4) is 0 Å². The molecule has 3 rings (SSSR count). The lowest BCUT2D eigenvalue weighted by Gasteiger charge is -2.13. The van der Waals surface area contributed by atoms with Gasteiger partial charge in [-0.15, -0.1) is 0 Å². The number of aliphatic hydroxyl groups excluding tert-OH is 1. The molecule has 3 nitrogen and oxygen atoms in total. The van der Waals surface area contributed by atoms with E-state index < -0.39 is 6.10 Å². The van der Waals surface area contributed by atoms with Gasteiger partial charge in [-0.25, -0.2) is 0 Å². The first kappa shape index (κ1) is 16.7. The quantitative estimate of drug-likeness (QED) is 0.704. The van der Waals surface area contributed by atoms with E-state index in [0.29, 0.717) is 10.6 Å². The van der Waals surface area contributed by atoms with E-state index in [2.05, 4.69) is 16.8 Å². The number of hydrogen-bond acceptors (Lipinski definition) is 3. The van der Waals surface area contributed by atoms with Crippen LogP contribution in [-0.2, 0) is 0 Å². The molecule has 122 valence electrons. The number of rotatable bonds is 5. The number of hydrogen-bond donors (Lipinski definition) is 2. The molecule has 0 aliphatic rings. The maximum absolute atomic E-state index is 12.1. The van der Waals surface area contributed by atoms with Gasteiger partial charge in [0.1, 0.15) is 0 Å². The van der Waals surface area contributed by atoms with Gasteiger partial charge >= 0.3 is 0 Å². The molecule has 3 aromatic rings. The normalized spacial score (nSPS) is 11.9. The van der Waals surface area contributed by atoms with Crippen molar-refractivity contribution in [3.63, 3.8) is 0 Å². The molecule has 0 aliphatic heterocycles. The largest absolute Gasteiger partial charge is 0.387 e. The number of thiophene rings is 1. The lowest BCUT2D eigenvalue weighted by Crippen LogP contribution is -2.28. The molecule has 1 aromatic heterocycles. The van der Waals surface area contributed by atoms with Crippen LogP contribution in [-0.4, -0.2) is 17.6 Å². The van der Waals surface area contributed by atoms with Gasteiger partial charge in [-0.1, -0.05) is 48.0 Å². The SMILES string of the molecule is O=C(NC[C@H](O)c1ccc(-c2ccsc2)cc1)c1ccccc1Cl. The number of amides is 1. The molecule has 0 unspecified atom stereocenters. The molecular weight excluding hydrogens is 342 g/mol. The molecule has 0 radical (unpaired) electrons. The van der Waals surface area contributed by atoms with Crippen molar-refractivity contribution in [2.75, 3.05) is 6.54 Å². The zero-order valence-electron chi connectivity index (χ0n) is 12.8. The monoisotopic (exact) mass is 357 g/mol. The fourth-order valence-electron chi connectivity index (χ4n) is 2.37. The first-order valence-electron chi connectivity index (χ1n) is 7.48. The summed E-state index contributed by atoms with van der Waals surface area (Å²) in [5.74, 6) is -0.297. The summed E-state index contributed by atoms with van der Waals surface area (Å²) in [6.45, 7) is 0.127. The second kappa shape index (κ2) is 7.62. The molecule has 0 bridgehead atoms. The average molecular weight is 358 g/mol. The van der Waals surface area contributed by atoms with Crippen LogP contribution >= 0.6 is 22.9 Å². The van der Waals surface area contributed by atoms with Crippen molar-refractivity contribution < 1.29 is 9.90 Å². The zero-order chi connectivity index (χ0) is 16.9. The molecule has 24 heavy (non-hydrogen) atoms. The summed E-state index contributed by atoms with van der Waals surface area (Å²) in [4.78, 5) is 12.1. The fraction of sp³-hybridized carbons (Fsp3) is 0.105. The Morgan fingerprint density at radius 2 is 1.83 bits per heavy atom. The molecule has 1 heterocycles. The Hall–Kier alpha value is -2.14. The van der Waals surface area contributed by atoms with Crippen LogP contribution in [0.25, 0.3) is 11.1 Å². The van der Waals surface area contributed by atoms with E-state index in [9.17, 15) is 9.90 Å². The maximum atomic E-state index is 12.1. The first-order chi connectivity index (χ1) is 11.6. The van der Waals surface area contributed by atoms with E-state index in [0.717, 1.165) is 16.7 Å². The Labute approximate surface area is 149 Å². The lowest BCUT2D eigenvalue weighted by molar-refractivity contribution is 0.0916. The molecule has 0 fully saturated rings. The zero-order valence-corrected chi connectivity index (χ0v) is 14.3. The molecule has 5 heteroatoms. The van der Waals surface area contributed by atoms with E-state index in [1.807, 2.05) is 29.6 Å². The van der Waals surface area contributed by atoms with Crippen molar-refractivity contribution >= 4 is 28.8 Å². The van der Waals surface area contributed by atoms with Gasteiger partial charge in [0, 0.05) is 6.54 Å².